The molecule has 5 nitrogen and oxygen atoms in total. The van der Waals surface area contributed by atoms with E-state index >= 15 is 0 Å². The molecule has 0 spiro atoms. The molecule has 23 heavy (non-hydrogen) atoms. The Labute approximate surface area is 141 Å². The second-order valence-electron chi connectivity index (χ2n) is 7.34. The number of aliphatic hydroxyl groups is 1. The zero-order valence-electron chi connectivity index (χ0n) is 14.9. The minimum absolute atomic E-state index is 0.332. The highest BCUT2D eigenvalue weighted by Crippen LogP contribution is 2.31. The third-order valence-corrected chi connectivity index (χ3v) is 5.22. The van der Waals surface area contributed by atoms with E-state index in [1.165, 1.54) is 25.7 Å². The second kappa shape index (κ2) is 9.60. The lowest BCUT2D eigenvalue weighted by Gasteiger charge is -2.36. The van der Waals surface area contributed by atoms with Gasteiger partial charge in [0, 0.05) is 45.8 Å². The number of carbonyl (C=O) groups is 1. The summed E-state index contributed by atoms with van der Waals surface area (Å²) in [4.78, 5) is 16.7. The normalized spacial score (nSPS) is 27.9. The standard InChI is InChI=1S/C18H34N2O3/c1-3-23-14-17(21)13-19-7-9-20(10-8-19)18(22)12-16-6-4-5-15(2)11-16/h15-17,21H,3-14H2,1-2H3. The summed E-state index contributed by atoms with van der Waals surface area (Å²) in [6, 6.07) is 0. The molecule has 0 bridgehead atoms. The van der Waals surface area contributed by atoms with Crippen LogP contribution in [0.4, 0.5) is 0 Å². The first-order valence-electron chi connectivity index (χ1n) is 9.34. The number of β-amino-alcohol motifs (C(OH)–C–C–N with tert-alkyl or cyclic N) is 1. The largest absolute Gasteiger partial charge is 0.389 e. The summed E-state index contributed by atoms with van der Waals surface area (Å²) >= 11 is 0. The number of hydrogen-bond donors (Lipinski definition) is 1. The maximum Gasteiger partial charge on any atom is 0.222 e. The summed E-state index contributed by atoms with van der Waals surface area (Å²) in [5.74, 6) is 1.71. The maximum absolute atomic E-state index is 12.5. The summed E-state index contributed by atoms with van der Waals surface area (Å²) < 4.78 is 5.25. The van der Waals surface area contributed by atoms with Crippen LogP contribution < -0.4 is 0 Å². The molecule has 1 aliphatic heterocycles. The first-order valence-corrected chi connectivity index (χ1v) is 9.34. The second-order valence-corrected chi connectivity index (χ2v) is 7.34. The van der Waals surface area contributed by atoms with Crippen LogP contribution in [-0.4, -0.2) is 72.9 Å². The van der Waals surface area contributed by atoms with Gasteiger partial charge >= 0.3 is 0 Å². The number of hydrogen-bond acceptors (Lipinski definition) is 4. The number of rotatable bonds is 7. The number of nitrogens with zero attached hydrogens (tertiary/aromatic N) is 2. The van der Waals surface area contributed by atoms with Crippen molar-refractivity contribution in [2.75, 3.05) is 45.9 Å². The van der Waals surface area contributed by atoms with Crippen molar-refractivity contribution in [1.29, 1.82) is 0 Å². The minimum Gasteiger partial charge on any atom is -0.389 e. The monoisotopic (exact) mass is 326 g/mol. The molecular weight excluding hydrogens is 292 g/mol. The van der Waals surface area contributed by atoms with E-state index in [9.17, 15) is 9.90 Å². The fourth-order valence-corrected chi connectivity index (χ4v) is 3.91. The van der Waals surface area contributed by atoms with Crippen molar-refractivity contribution in [2.24, 2.45) is 11.8 Å². The van der Waals surface area contributed by atoms with Crippen LogP contribution in [0, 0.1) is 11.8 Å². The van der Waals surface area contributed by atoms with Crippen molar-refractivity contribution in [3.05, 3.63) is 0 Å². The molecule has 1 saturated carbocycles. The van der Waals surface area contributed by atoms with Crippen molar-refractivity contribution in [3.63, 3.8) is 0 Å². The first kappa shape index (κ1) is 18.7. The highest BCUT2D eigenvalue weighted by atomic mass is 16.5. The SMILES string of the molecule is CCOCC(O)CN1CCN(C(=O)CC2CCCC(C)C2)CC1. The Bertz CT molecular complexity index is 356. The van der Waals surface area contributed by atoms with E-state index in [0.717, 1.165) is 38.5 Å². The predicted octanol–water partition coefficient (Wildman–Crippen LogP) is 1.74. The van der Waals surface area contributed by atoms with Gasteiger partial charge in [-0.1, -0.05) is 19.8 Å². The highest BCUT2D eigenvalue weighted by molar-refractivity contribution is 5.76. The molecule has 1 aliphatic carbocycles. The van der Waals surface area contributed by atoms with Gasteiger partial charge in [0.15, 0.2) is 0 Å². The van der Waals surface area contributed by atoms with Gasteiger partial charge in [-0.05, 0) is 31.6 Å². The van der Waals surface area contributed by atoms with Gasteiger partial charge in [0.2, 0.25) is 5.91 Å². The molecule has 134 valence electrons. The number of ether oxygens (including phenoxy) is 1. The number of piperazine rings is 1. The number of aliphatic hydroxyl groups excluding tert-OH is 1. The van der Waals surface area contributed by atoms with Gasteiger partial charge in [0.25, 0.3) is 0 Å². The third-order valence-electron chi connectivity index (χ3n) is 5.22. The Morgan fingerprint density at radius 1 is 1.26 bits per heavy atom. The van der Waals surface area contributed by atoms with E-state index in [2.05, 4.69) is 11.8 Å². The van der Waals surface area contributed by atoms with Crippen molar-refractivity contribution in [3.8, 4) is 0 Å². The van der Waals surface area contributed by atoms with Gasteiger partial charge in [-0.2, -0.15) is 0 Å². The van der Waals surface area contributed by atoms with Gasteiger partial charge in [0.05, 0.1) is 12.7 Å². The summed E-state index contributed by atoms with van der Waals surface area (Å²) in [5.41, 5.74) is 0. The van der Waals surface area contributed by atoms with E-state index in [0.29, 0.717) is 31.6 Å². The van der Waals surface area contributed by atoms with Crippen molar-refractivity contribution >= 4 is 5.91 Å². The van der Waals surface area contributed by atoms with Crippen molar-refractivity contribution in [2.45, 2.75) is 52.1 Å². The molecule has 1 saturated heterocycles. The Hall–Kier alpha value is -0.650. The molecule has 0 radical (unpaired) electrons. The molecule has 0 aromatic heterocycles. The van der Waals surface area contributed by atoms with Gasteiger partial charge < -0.3 is 14.7 Å². The predicted molar refractivity (Wildman–Crippen MR) is 91.3 cm³/mol. The van der Waals surface area contributed by atoms with Crippen LogP contribution in [-0.2, 0) is 9.53 Å². The molecule has 2 fully saturated rings. The molecule has 2 rings (SSSR count). The molecule has 3 atom stereocenters. The molecular formula is C18H34N2O3. The molecule has 3 unspecified atom stereocenters. The fraction of sp³-hybridized carbons (Fsp3) is 0.944. The van der Waals surface area contributed by atoms with E-state index in [-0.39, 0.29) is 0 Å². The fourth-order valence-electron chi connectivity index (χ4n) is 3.91. The van der Waals surface area contributed by atoms with Crippen LogP contribution in [0.3, 0.4) is 0 Å². The Balaban J connectivity index is 1.66. The van der Waals surface area contributed by atoms with Gasteiger partial charge in [-0.15, -0.1) is 0 Å². The zero-order valence-corrected chi connectivity index (χ0v) is 14.9. The third kappa shape index (κ3) is 6.40. The molecule has 0 aromatic rings. The lowest BCUT2D eigenvalue weighted by atomic mass is 9.80. The van der Waals surface area contributed by atoms with Crippen LogP contribution in [0.2, 0.25) is 0 Å². The minimum atomic E-state index is -0.430. The van der Waals surface area contributed by atoms with Crippen LogP contribution in [0.25, 0.3) is 0 Å². The van der Waals surface area contributed by atoms with E-state index in [4.69, 9.17) is 4.74 Å². The topological polar surface area (TPSA) is 53.0 Å². The number of carbonyl (C=O) groups excluding carboxylic acids is 1. The lowest BCUT2D eigenvalue weighted by Crippen LogP contribution is -2.51. The summed E-state index contributed by atoms with van der Waals surface area (Å²) in [6.07, 6.45) is 5.35. The molecule has 1 amide bonds. The first-order chi connectivity index (χ1) is 11.1. The summed E-state index contributed by atoms with van der Waals surface area (Å²) in [7, 11) is 0. The molecule has 0 aromatic carbocycles. The van der Waals surface area contributed by atoms with Crippen LogP contribution >= 0.6 is 0 Å². The average Bonchev–Trinajstić information content (AvgIpc) is 2.53. The van der Waals surface area contributed by atoms with Crippen molar-refractivity contribution < 1.29 is 14.6 Å². The summed E-state index contributed by atoms with van der Waals surface area (Å²) in [5, 5.41) is 9.90. The molecule has 2 aliphatic rings. The highest BCUT2D eigenvalue weighted by Gasteiger charge is 2.26. The van der Waals surface area contributed by atoms with E-state index in [1.807, 2.05) is 11.8 Å². The number of amides is 1. The smallest absolute Gasteiger partial charge is 0.222 e. The summed E-state index contributed by atoms with van der Waals surface area (Å²) in [6.45, 7) is 9.22. The Morgan fingerprint density at radius 3 is 2.65 bits per heavy atom. The molecule has 1 heterocycles. The maximum atomic E-state index is 12.5. The molecule has 5 heteroatoms. The van der Waals surface area contributed by atoms with E-state index < -0.39 is 6.10 Å². The quantitative estimate of drug-likeness (QED) is 0.774. The van der Waals surface area contributed by atoms with Crippen LogP contribution in [0.15, 0.2) is 0 Å². The molecule has 1 N–H and O–H groups in total. The van der Waals surface area contributed by atoms with Gasteiger partial charge in [-0.25, -0.2) is 0 Å². The van der Waals surface area contributed by atoms with Gasteiger partial charge in [-0.3, -0.25) is 9.69 Å². The average molecular weight is 326 g/mol. The lowest BCUT2D eigenvalue weighted by molar-refractivity contribution is -0.134. The zero-order chi connectivity index (χ0) is 16.7. The van der Waals surface area contributed by atoms with Crippen molar-refractivity contribution in [1.82, 2.24) is 9.80 Å². The van der Waals surface area contributed by atoms with E-state index in [1.54, 1.807) is 0 Å². The Morgan fingerprint density at radius 2 is 2.00 bits per heavy atom. The van der Waals surface area contributed by atoms with Crippen LogP contribution in [0.1, 0.15) is 46.0 Å². The van der Waals surface area contributed by atoms with Crippen LogP contribution in [0.5, 0.6) is 0 Å². The Kier molecular flexibility index (Phi) is 7.80. The van der Waals surface area contributed by atoms with Gasteiger partial charge in [0.1, 0.15) is 0 Å².